The number of aliphatic hydroxyl groups is 2. The first-order valence-electron chi connectivity index (χ1n) is 14.7. The van der Waals surface area contributed by atoms with E-state index in [0.717, 1.165) is 23.4 Å². The number of nitrogens with zero attached hydrogens (tertiary/aromatic N) is 9. The molecule has 274 valence electrons. The maximum Gasteiger partial charge on any atom is 1.00 e. The van der Waals surface area contributed by atoms with Crippen molar-refractivity contribution in [1.29, 1.82) is 0 Å². The molecule has 5 aromatic rings. The number of hydrogen-bond acceptors (Lipinski definition) is 21. The molecule has 25 nitrogen and oxygen atoms in total. The van der Waals surface area contributed by atoms with Gasteiger partial charge in [-0.1, -0.05) is 0 Å². The van der Waals surface area contributed by atoms with Gasteiger partial charge in [-0.15, -0.1) is 0 Å². The van der Waals surface area contributed by atoms with Gasteiger partial charge < -0.3 is 59.2 Å². The number of rotatable bonds is 12. The number of phosphoric ester groups is 1. The van der Waals surface area contributed by atoms with Gasteiger partial charge in [0.2, 0.25) is 13.7 Å². The number of aromatic nitrogens is 10. The van der Waals surface area contributed by atoms with Crippen LogP contribution in [0, 0.1) is 0 Å². The normalized spacial score (nSPS) is 28.0. The number of ether oxygens (including phenoxy) is 3. The molecule has 7 rings (SSSR count). The molecule has 5 aromatic heterocycles. The Bertz CT molecular complexity index is 2210. The Morgan fingerprint density at radius 2 is 1.58 bits per heavy atom. The van der Waals surface area contributed by atoms with Crippen LogP contribution in [0.15, 0.2) is 42.5 Å². The summed E-state index contributed by atoms with van der Waals surface area (Å²) in [6.07, 6.45) is -4.84. The fourth-order valence-electron chi connectivity index (χ4n) is 5.70. The number of aliphatic hydroxyl groups excluding tert-OH is 2. The van der Waals surface area contributed by atoms with E-state index in [9.17, 15) is 33.9 Å². The number of anilines is 2. The molecular formula is C24H28N12Na2O13P2. The Morgan fingerprint density at radius 3 is 2.28 bits per heavy atom. The van der Waals surface area contributed by atoms with E-state index in [0.29, 0.717) is 4.34 Å². The van der Waals surface area contributed by atoms with E-state index in [1.54, 1.807) is 0 Å². The van der Waals surface area contributed by atoms with Crippen LogP contribution >= 0.6 is 15.6 Å². The van der Waals surface area contributed by atoms with Crippen molar-refractivity contribution in [2.24, 2.45) is 0 Å². The first-order valence-corrected chi connectivity index (χ1v) is 17.7. The second-order valence-corrected chi connectivity index (χ2v) is 14.2. The van der Waals surface area contributed by atoms with Crippen molar-refractivity contribution in [2.45, 2.75) is 49.1 Å². The maximum atomic E-state index is 13.3. The smallest absolute Gasteiger partial charge is 0.761 e. The SMILES string of the molecule is CO[C@@H]1[C@H](OP(=O)([O-])OC[C@H]2O[C@@H](n3cnc4c(=O)[nH]c(N)nc43)[C@H](O)[C@@H]2O)[C@@H](COP(=O)([O-])n2ccnc2)O[C@H]1n1cnc2c(N)ncnc21.[Na+].[Na+]. The Balaban J connectivity index is 0.00000271. The Hall–Kier alpha value is -2.23. The maximum absolute atomic E-state index is 13.3. The minimum atomic E-state index is -5.40. The quantitative estimate of drug-likeness (QED) is 0.0577. The average molecular weight is 800 g/mol. The van der Waals surface area contributed by atoms with E-state index in [4.69, 9.17) is 39.2 Å². The number of H-pyrrole nitrogens is 1. The topological polar surface area (TPSA) is 353 Å². The summed E-state index contributed by atoms with van der Waals surface area (Å²) in [6, 6.07) is 0. The molecule has 0 aromatic carbocycles. The number of aromatic amines is 1. The molecule has 2 unspecified atom stereocenters. The van der Waals surface area contributed by atoms with Crippen LogP contribution in [0.5, 0.6) is 0 Å². The number of phosphoric acid groups is 1. The van der Waals surface area contributed by atoms with Crippen LogP contribution in [0.3, 0.4) is 0 Å². The van der Waals surface area contributed by atoms with Gasteiger partial charge >= 0.3 is 59.1 Å². The van der Waals surface area contributed by atoms with Gasteiger partial charge in [0.25, 0.3) is 13.4 Å². The summed E-state index contributed by atoms with van der Waals surface area (Å²) in [5.74, 6) is -0.205. The molecule has 7 heterocycles. The van der Waals surface area contributed by atoms with Gasteiger partial charge in [0.1, 0.15) is 54.8 Å². The summed E-state index contributed by atoms with van der Waals surface area (Å²) in [7, 11) is -8.95. The molecule has 2 fully saturated rings. The molecule has 0 radical (unpaired) electrons. The minimum Gasteiger partial charge on any atom is -0.761 e. The molecule has 29 heteroatoms. The number of nitrogens with two attached hydrogens (primary N) is 2. The van der Waals surface area contributed by atoms with E-state index in [1.807, 2.05) is 0 Å². The summed E-state index contributed by atoms with van der Waals surface area (Å²) in [5, 5.41) is 21.4. The van der Waals surface area contributed by atoms with E-state index < -0.39 is 83.4 Å². The summed E-state index contributed by atoms with van der Waals surface area (Å²) in [5.41, 5.74) is 11.0. The third-order valence-corrected chi connectivity index (χ3v) is 10.3. The van der Waals surface area contributed by atoms with E-state index in [-0.39, 0.29) is 93.2 Å². The third kappa shape index (κ3) is 8.19. The molecule has 0 saturated carbocycles. The first kappa shape index (κ1) is 41.9. The molecule has 0 amide bonds. The number of nitrogens with one attached hydrogen (secondary N) is 1. The van der Waals surface area contributed by atoms with Crippen LogP contribution in [-0.2, 0) is 36.9 Å². The van der Waals surface area contributed by atoms with Crippen molar-refractivity contribution in [3.8, 4) is 0 Å². The Labute approximate surface area is 340 Å². The van der Waals surface area contributed by atoms with Crippen molar-refractivity contribution in [3.63, 3.8) is 0 Å². The predicted molar refractivity (Wildman–Crippen MR) is 163 cm³/mol. The van der Waals surface area contributed by atoms with Crippen LogP contribution in [0.25, 0.3) is 22.3 Å². The van der Waals surface area contributed by atoms with E-state index >= 15 is 0 Å². The largest absolute Gasteiger partial charge is 1.00 e. The molecular weight excluding hydrogens is 772 g/mol. The van der Waals surface area contributed by atoms with Gasteiger partial charge in [0.15, 0.2) is 35.1 Å². The second-order valence-electron chi connectivity index (χ2n) is 11.2. The van der Waals surface area contributed by atoms with Crippen molar-refractivity contribution in [1.82, 2.24) is 48.4 Å². The third-order valence-electron chi connectivity index (χ3n) is 8.10. The van der Waals surface area contributed by atoms with Crippen molar-refractivity contribution in [2.75, 3.05) is 31.8 Å². The molecule has 2 saturated heterocycles. The van der Waals surface area contributed by atoms with Crippen LogP contribution in [0.4, 0.5) is 11.8 Å². The average Bonchev–Trinajstić information content (AvgIpc) is 3.92. The summed E-state index contributed by atoms with van der Waals surface area (Å²) in [4.78, 5) is 64.4. The number of hydrogen-bond donors (Lipinski definition) is 5. The zero-order chi connectivity index (χ0) is 36.2. The van der Waals surface area contributed by atoms with Crippen molar-refractivity contribution in [3.05, 3.63) is 48.1 Å². The van der Waals surface area contributed by atoms with Crippen molar-refractivity contribution >= 4 is 49.7 Å². The fraction of sp³-hybridized carbons (Fsp3) is 0.458. The first-order chi connectivity index (χ1) is 24.3. The molecule has 10 atom stereocenters. The zero-order valence-corrected chi connectivity index (χ0v) is 33.7. The molecule has 0 aliphatic carbocycles. The van der Waals surface area contributed by atoms with Gasteiger partial charge in [0, 0.05) is 19.5 Å². The predicted octanol–water partition coefficient (Wildman–Crippen LogP) is -9.24. The molecule has 7 N–H and O–H groups in total. The van der Waals surface area contributed by atoms with Crippen LogP contribution in [-0.4, -0.2) is 116 Å². The van der Waals surface area contributed by atoms with Crippen LogP contribution in [0.1, 0.15) is 12.5 Å². The van der Waals surface area contributed by atoms with Crippen molar-refractivity contribution < 1.29 is 116 Å². The molecule has 2 aliphatic rings. The van der Waals surface area contributed by atoms with Gasteiger partial charge in [-0.05, 0) is 0 Å². The standard InChI is InChI=1S/C24H30N12O13P2.2Na/c1-44-17-16(11(5-45-50(40,41)34-3-2-27-7-34)48-23(17)35-8-30-12-18(25)28-6-29-19(12)35)49-51(42,43)46-4-10-14(37)15(38)22(47-10)36-9-31-13-20(36)32-24(26)33-21(13)39;;/h2-3,6-11,14-17,22-23,37-38H,4-5H2,1H3,(H,40,41)(H,42,43)(H2,25,28,29)(H3,26,32,33,39);;/q;2*+1/p-2/t10-,11-,14-,15-,16-,17-,22-,23-;;/m1../s1. The molecule has 53 heavy (non-hydrogen) atoms. The zero-order valence-electron chi connectivity index (χ0n) is 28.0. The van der Waals surface area contributed by atoms with E-state index in [2.05, 4.69) is 34.9 Å². The fourth-order valence-corrected chi connectivity index (χ4v) is 7.52. The Kier molecular flexibility index (Phi) is 13.0. The number of nitrogen functional groups attached to an aromatic ring is 2. The monoisotopic (exact) mass is 800 g/mol. The second kappa shape index (κ2) is 16.5. The summed E-state index contributed by atoms with van der Waals surface area (Å²) in [6.45, 7) is -1.63. The molecule has 0 spiro atoms. The van der Waals surface area contributed by atoms with Gasteiger partial charge in [-0.2, -0.15) is 4.98 Å². The van der Waals surface area contributed by atoms with Gasteiger partial charge in [-0.25, -0.2) is 24.9 Å². The minimum absolute atomic E-state index is 0. The Morgan fingerprint density at radius 1 is 0.906 bits per heavy atom. The number of fused-ring (bicyclic) bond motifs is 2. The number of methoxy groups -OCH3 is 1. The summed E-state index contributed by atoms with van der Waals surface area (Å²) >= 11 is 0. The van der Waals surface area contributed by atoms with Gasteiger partial charge in [-0.3, -0.25) is 32.4 Å². The number of imidazole rings is 3. The van der Waals surface area contributed by atoms with Gasteiger partial charge in [0.05, 0.1) is 25.9 Å². The molecule has 0 bridgehead atoms. The van der Waals surface area contributed by atoms with Crippen LogP contribution in [0.2, 0.25) is 0 Å². The van der Waals surface area contributed by atoms with E-state index in [1.165, 1.54) is 30.5 Å². The van der Waals surface area contributed by atoms with Crippen LogP contribution < -0.4 is 85.9 Å². The molecule has 2 aliphatic heterocycles. The summed E-state index contributed by atoms with van der Waals surface area (Å²) < 4.78 is 62.2.